The maximum absolute atomic E-state index is 16.3. The van der Waals surface area contributed by atoms with Gasteiger partial charge in [0, 0.05) is 22.6 Å². The number of alkyl halides is 2. The van der Waals surface area contributed by atoms with Gasteiger partial charge in [0.05, 0.1) is 6.54 Å². The van der Waals surface area contributed by atoms with E-state index in [0.717, 1.165) is 28.7 Å². The van der Waals surface area contributed by atoms with E-state index in [2.05, 4.69) is 25.7 Å². The third kappa shape index (κ3) is 3.06. The Kier molecular flexibility index (Phi) is 4.69. The number of rotatable bonds is 7. The minimum atomic E-state index is -3.77. The maximum atomic E-state index is 16.3. The molecular formula is C24H20F4N6O2. The minimum Gasteiger partial charge on any atom is -0.377 e. The number of tetrazole rings is 1. The standard InChI is InChI=1S/C24H20F4N6O2/c1-14-30-20(36-31-14)15-2-4-16(5-3-15)21-9-22(10-21,11-21)24(27,28)23(35,12-34-13-29-32-33-34)18-7-6-17(25)8-19(18)26/h2-8,13,35H,9-12H2,1H3. The summed E-state index contributed by atoms with van der Waals surface area (Å²) in [5.74, 6) is -5.10. The average molecular weight is 500 g/mol. The Hall–Kier alpha value is -3.67. The molecule has 0 radical (unpaired) electrons. The highest BCUT2D eigenvalue weighted by Gasteiger charge is 2.82. The molecule has 8 nitrogen and oxygen atoms in total. The summed E-state index contributed by atoms with van der Waals surface area (Å²) in [7, 11) is 0. The zero-order valence-corrected chi connectivity index (χ0v) is 19.0. The van der Waals surface area contributed by atoms with Crippen LogP contribution in [0.5, 0.6) is 0 Å². The molecule has 1 atom stereocenters. The van der Waals surface area contributed by atoms with Gasteiger partial charge in [-0.2, -0.15) is 4.98 Å². The zero-order chi connectivity index (χ0) is 25.3. The van der Waals surface area contributed by atoms with Crippen molar-refractivity contribution in [3.8, 4) is 11.5 Å². The van der Waals surface area contributed by atoms with Gasteiger partial charge in [0.2, 0.25) is 0 Å². The van der Waals surface area contributed by atoms with Crippen LogP contribution in [0.2, 0.25) is 0 Å². The van der Waals surface area contributed by atoms with Crippen molar-refractivity contribution >= 4 is 0 Å². The average Bonchev–Trinajstić information content (AvgIpc) is 3.43. The number of halogens is 4. The summed E-state index contributed by atoms with van der Waals surface area (Å²) in [4.78, 5) is 4.18. The number of aliphatic hydroxyl groups is 1. The summed E-state index contributed by atoms with van der Waals surface area (Å²) in [6, 6.07) is 9.47. The minimum absolute atomic E-state index is 0.104. The van der Waals surface area contributed by atoms with Gasteiger partial charge in [-0.3, -0.25) is 0 Å². The van der Waals surface area contributed by atoms with Crippen LogP contribution in [0.3, 0.4) is 0 Å². The van der Waals surface area contributed by atoms with Gasteiger partial charge >= 0.3 is 0 Å². The van der Waals surface area contributed by atoms with Gasteiger partial charge in [-0.15, -0.1) is 5.10 Å². The molecule has 2 heterocycles. The van der Waals surface area contributed by atoms with Crippen LogP contribution < -0.4 is 0 Å². The molecule has 2 aromatic carbocycles. The van der Waals surface area contributed by atoms with E-state index in [9.17, 15) is 13.9 Å². The molecule has 12 heteroatoms. The van der Waals surface area contributed by atoms with Crippen molar-refractivity contribution in [3.63, 3.8) is 0 Å². The number of aromatic nitrogens is 6. The number of nitrogens with zero attached hydrogens (tertiary/aromatic N) is 6. The van der Waals surface area contributed by atoms with Crippen molar-refractivity contribution in [2.24, 2.45) is 5.41 Å². The molecule has 2 aromatic heterocycles. The van der Waals surface area contributed by atoms with E-state index in [1.165, 1.54) is 0 Å². The fourth-order valence-electron chi connectivity index (χ4n) is 5.91. The van der Waals surface area contributed by atoms with Crippen LogP contribution in [0.15, 0.2) is 53.3 Å². The number of hydrogen-bond acceptors (Lipinski definition) is 7. The van der Waals surface area contributed by atoms with Crippen molar-refractivity contribution in [1.82, 2.24) is 30.3 Å². The Morgan fingerprint density at radius 1 is 1.08 bits per heavy atom. The first-order chi connectivity index (χ1) is 17.1. The summed E-state index contributed by atoms with van der Waals surface area (Å²) in [5, 5.41) is 25.6. The second-order valence-corrected chi connectivity index (χ2v) is 9.88. The Morgan fingerprint density at radius 3 is 2.39 bits per heavy atom. The lowest BCUT2D eigenvalue weighted by Gasteiger charge is -2.74. The largest absolute Gasteiger partial charge is 0.377 e. The third-order valence-electron chi connectivity index (χ3n) is 7.65. The molecule has 2 bridgehead atoms. The lowest BCUT2D eigenvalue weighted by atomic mass is 9.30. The van der Waals surface area contributed by atoms with Gasteiger partial charge in [-0.25, -0.2) is 22.2 Å². The van der Waals surface area contributed by atoms with Gasteiger partial charge in [-0.1, -0.05) is 17.3 Å². The van der Waals surface area contributed by atoms with Crippen LogP contribution in [-0.4, -0.2) is 41.4 Å². The first-order valence-corrected chi connectivity index (χ1v) is 11.3. The highest BCUT2D eigenvalue weighted by molar-refractivity contribution is 5.55. The quantitative estimate of drug-likeness (QED) is 0.383. The van der Waals surface area contributed by atoms with E-state index in [4.69, 9.17) is 4.52 Å². The molecule has 1 unspecified atom stereocenters. The number of benzene rings is 2. The van der Waals surface area contributed by atoms with E-state index >= 15 is 8.78 Å². The van der Waals surface area contributed by atoms with Crippen molar-refractivity contribution < 1.29 is 27.2 Å². The predicted octanol–water partition coefficient (Wildman–Crippen LogP) is 3.95. The molecule has 186 valence electrons. The monoisotopic (exact) mass is 500 g/mol. The van der Waals surface area contributed by atoms with E-state index in [-0.39, 0.29) is 19.3 Å². The van der Waals surface area contributed by atoms with Gasteiger partial charge < -0.3 is 9.63 Å². The molecule has 0 amide bonds. The molecule has 4 aromatic rings. The second kappa shape index (κ2) is 7.42. The summed E-state index contributed by atoms with van der Waals surface area (Å²) in [5.41, 5.74) is -4.14. The Labute approximate surface area is 202 Å². The van der Waals surface area contributed by atoms with Crippen LogP contribution in [0.1, 0.15) is 36.2 Å². The molecule has 3 fully saturated rings. The molecular weight excluding hydrogens is 480 g/mol. The molecule has 1 N–H and O–H groups in total. The smallest absolute Gasteiger partial charge is 0.287 e. The topological polar surface area (TPSA) is 103 Å². The van der Waals surface area contributed by atoms with Crippen LogP contribution in [0, 0.1) is 24.0 Å². The molecule has 3 saturated carbocycles. The highest BCUT2D eigenvalue weighted by Crippen LogP contribution is 2.80. The SMILES string of the molecule is Cc1noc(-c2ccc(C34CC(C(F)(F)C(O)(Cn5cnnn5)c5ccc(F)cc5F)(C3)C4)cc2)n1. The second-order valence-electron chi connectivity index (χ2n) is 9.88. The van der Waals surface area contributed by atoms with Crippen LogP contribution in [0.25, 0.3) is 11.5 Å². The summed E-state index contributed by atoms with van der Waals surface area (Å²) in [6.45, 7) is 0.907. The zero-order valence-electron chi connectivity index (χ0n) is 19.0. The lowest BCUT2D eigenvalue weighted by molar-refractivity contribution is -0.347. The van der Waals surface area contributed by atoms with E-state index in [1.807, 2.05) is 12.1 Å². The van der Waals surface area contributed by atoms with Gasteiger partial charge in [-0.05, 0) is 71.9 Å². The number of aryl methyl sites for hydroxylation is 1. The first kappa shape index (κ1) is 22.8. The van der Waals surface area contributed by atoms with E-state index < -0.39 is 46.1 Å². The Balaban J connectivity index is 1.30. The van der Waals surface area contributed by atoms with Gasteiger partial charge in [0.15, 0.2) is 11.4 Å². The van der Waals surface area contributed by atoms with Gasteiger partial charge in [0.25, 0.3) is 11.8 Å². The third-order valence-corrected chi connectivity index (χ3v) is 7.65. The van der Waals surface area contributed by atoms with E-state index in [0.29, 0.717) is 23.3 Å². The molecule has 0 aliphatic heterocycles. The van der Waals surface area contributed by atoms with Crippen molar-refractivity contribution in [2.45, 2.75) is 49.7 Å². The van der Waals surface area contributed by atoms with Crippen molar-refractivity contribution in [1.29, 1.82) is 0 Å². The predicted molar refractivity (Wildman–Crippen MR) is 115 cm³/mol. The number of hydrogen-bond donors (Lipinski definition) is 1. The molecule has 0 saturated heterocycles. The van der Waals surface area contributed by atoms with E-state index in [1.54, 1.807) is 19.1 Å². The molecule has 36 heavy (non-hydrogen) atoms. The Bertz CT molecular complexity index is 1420. The fourth-order valence-corrected chi connectivity index (χ4v) is 5.91. The highest BCUT2D eigenvalue weighted by atomic mass is 19.3. The maximum Gasteiger partial charge on any atom is 0.287 e. The van der Waals surface area contributed by atoms with Crippen molar-refractivity contribution in [3.05, 3.63) is 77.4 Å². The van der Waals surface area contributed by atoms with Crippen LogP contribution >= 0.6 is 0 Å². The van der Waals surface area contributed by atoms with Crippen LogP contribution in [-0.2, 0) is 17.6 Å². The normalized spacial score (nSPS) is 24.6. The van der Waals surface area contributed by atoms with Gasteiger partial charge in [0.1, 0.15) is 18.0 Å². The lowest BCUT2D eigenvalue weighted by Crippen LogP contribution is -2.76. The van der Waals surface area contributed by atoms with Crippen LogP contribution in [0.4, 0.5) is 17.6 Å². The van der Waals surface area contributed by atoms with Crippen molar-refractivity contribution in [2.75, 3.05) is 0 Å². The first-order valence-electron chi connectivity index (χ1n) is 11.3. The molecule has 3 aliphatic rings. The fraction of sp³-hybridized carbons (Fsp3) is 0.375. The summed E-state index contributed by atoms with van der Waals surface area (Å²) in [6.07, 6.45) is 1.37. The molecule has 0 spiro atoms. The summed E-state index contributed by atoms with van der Waals surface area (Å²) >= 11 is 0. The molecule has 3 aliphatic carbocycles. The molecule has 7 rings (SSSR count). The summed E-state index contributed by atoms with van der Waals surface area (Å²) < 4.78 is 66.9. The Morgan fingerprint density at radius 2 is 1.81 bits per heavy atom.